The van der Waals surface area contributed by atoms with Crippen molar-refractivity contribution in [3.05, 3.63) is 65.0 Å². The summed E-state index contributed by atoms with van der Waals surface area (Å²) in [6.45, 7) is 2.14. The van der Waals surface area contributed by atoms with E-state index in [1.165, 1.54) is 18.6 Å². The number of aromatic nitrogens is 1. The fourth-order valence-electron chi connectivity index (χ4n) is 3.25. The second kappa shape index (κ2) is 6.93. The molecule has 1 aromatic carbocycles. The summed E-state index contributed by atoms with van der Waals surface area (Å²) in [6.07, 6.45) is -1.43. The first-order valence-corrected chi connectivity index (χ1v) is 8.22. The molecule has 1 aliphatic heterocycles. The van der Waals surface area contributed by atoms with Gasteiger partial charge in [0.15, 0.2) is 0 Å². The van der Waals surface area contributed by atoms with Crippen LogP contribution in [0.1, 0.15) is 41.3 Å². The Morgan fingerprint density at radius 3 is 2.54 bits per heavy atom. The van der Waals surface area contributed by atoms with Gasteiger partial charge in [0, 0.05) is 30.3 Å². The number of pyridine rings is 1. The molecule has 0 amide bonds. The van der Waals surface area contributed by atoms with Crippen LogP contribution in [-0.4, -0.2) is 30.0 Å². The van der Waals surface area contributed by atoms with E-state index in [0.29, 0.717) is 12.3 Å². The van der Waals surface area contributed by atoms with Gasteiger partial charge in [0.2, 0.25) is 0 Å². The predicted octanol–water partition coefficient (Wildman–Crippen LogP) is 4.50. The Hall–Kier alpha value is -1.88. The molecule has 1 aromatic heterocycles. The van der Waals surface area contributed by atoms with Gasteiger partial charge >= 0.3 is 6.18 Å². The van der Waals surface area contributed by atoms with Gasteiger partial charge in [-0.2, -0.15) is 13.2 Å². The summed E-state index contributed by atoms with van der Waals surface area (Å²) in [5, 5.41) is 0. The van der Waals surface area contributed by atoms with E-state index in [1.54, 1.807) is 0 Å². The number of rotatable bonds is 3. The third kappa shape index (κ3) is 4.15. The minimum absolute atomic E-state index is 0.441. The second-order valence-corrected chi connectivity index (χ2v) is 6.53. The van der Waals surface area contributed by atoms with Crippen LogP contribution in [0.3, 0.4) is 0 Å². The lowest BCUT2D eigenvalue weighted by Crippen LogP contribution is -2.31. The van der Waals surface area contributed by atoms with E-state index in [2.05, 4.69) is 18.0 Å². The van der Waals surface area contributed by atoms with E-state index < -0.39 is 11.7 Å². The fourth-order valence-corrected chi connectivity index (χ4v) is 3.25. The van der Waals surface area contributed by atoms with Crippen molar-refractivity contribution in [3.63, 3.8) is 0 Å². The first kappa shape index (κ1) is 17.0. The molecule has 0 radical (unpaired) electrons. The monoisotopic (exact) mass is 334 g/mol. The molecule has 0 aliphatic carbocycles. The highest BCUT2D eigenvalue weighted by atomic mass is 19.4. The zero-order valence-corrected chi connectivity index (χ0v) is 13.7. The van der Waals surface area contributed by atoms with Crippen molar-refractivity contribution in [1.29, 1.82) is 0 Å². The van der Waals surface area contributed by atoms with Crippen molar-refractivity contribution in [1.82, 2.24) is 9.88 Å². The largest absolute Gasteiger partial charge is 0.416 e. The first-order valence-electron chi connectivity index (χ1n) is 8.22. The summed E-state index contributed by atoms with van der Waals surface area (Å²) in [5.74, 6) is 0.441. The number of benzene rings is 1. The molecule has 24 heavy (non-hydrogen) atoms. The molecule has 0 saturated carbocycles. The SMILES string of the molecule is CN1CCC[C@@H](c2cccc(Cc3ccc(C(F)(F)F)cc3)n2)C1. The molecule has 1 saturated heterocycles. The fraction of sp³-hybridized carbons (Fsp3) is 0.421. The number of alkyl halides is 3. The average molecular weight is 334 g/mol. The highest BCUT2D eigenvalue weighted by Crippen LogP contribution is 2.29. The smallest absolute Gasteiger partial charge is 0.306 e. The number of hydrogen-bond donors (Lipinski definition) is 0. The van der Waals surface area contributed by atoms with Crippen LogP contribution in [0, 0.1) is 0 Å². The third-order valence-corrected chi connectivity index (χ3v) is 4.54. The van der Waals surface area contributed by atoms with E-state index in [9.17, 15) is 13.2 Å². The van der Waals surface area contributed by atoms with Crippen molar-refractivity contribution in [3.8, 4) is 0 Å². The number of piperidine rings is 1. The Bertz CT molecular complexity index is 680. The highest BCUT2D eigenvalue weighted by molar-refractivity contribution is 5.28. The van der Waals surface area contributed by atoms with E-state index in [4.69, 9.17) is 4.98 Å². The first-order chi connectivity index (χ1) is 11.4. The summed E-state index contributed by atoms with van der Waals surface area (Å²) < 4.78 is 37.9. The molecule has 1 aliphatic rings. The van der Waals surface area contributed by atoms with Crippen molar-refractivity contribution in [2.45, 2.75) is 31.4 Å². The van der Waals surface area contributed by atoms with E-state index in [-0.39, 0.29) is 0 Å². The third-order valence-electron chi connectivity index (χ3n) is 4.54. The van der Waals surface area contributed by atoms with Crippen molar-refractivity contribution in [2.24, 2.45) is 0 Å². The molecule has 2 heterocycles. The molecule has 0 spiro atoms. The number of likely N-dealkylation sites (tertiary alicyclic amines) is 1. The van der Waals surface area contributed by atoms with Crippen molar-refractivity contribution >= 4 is 0 Å². The minimum atomic E-state index is -4.29. The Balaban J connectivity index is 1.72. The van der Waals surface area contributed by atoms with Gasteiger partial charge in [-0.3, -0.25) is 4.98 Å². The van der Waals surface area contributed by atoms with Crippen molar-refractivity contribution < 1.29 is 13.2 Å². The Morgan fingerprint density at radius 2 is 1.88 bits per heavy atom. The molecule has 0 bridgehead atoms. The van der Waals surface area contributed by atoms with E-state index in [1.807, 2.05) is 12.1 Å². The maximum Gasteiger partial charge on any atom is 0.416 e. The molecule has 5 heteroatoms. The quantitative estimate of drug-likeness (QED) is 0.821. The van der Waals surface area contributed by atoms with Crippen LogP contribution in [0.25, 0.3) is 0 Å². The predicted molar refractivity (Wildman–Crippen MR) is 88.0 cm³/mol. The number of likely N-dealkylation sites (N-methyl/N-ethyl adjacent to an activating group) is 1. The van der Waals surface area contributed by atoms with Crippen LogP contribution in [0.15, 0.2) is 42.5 Å². The molecule has 1 atom stereocenters. The van der Waals surface area contributed by atoms with Crippen LogP contribution in [0.2, 0.25) is 0 Å². The highest BCUT2D eigenvalue weighted by Gasteiger charge is 2.29. The molecular formula is C19H21F3N2. The zero-order chi connectivity index (χ0) is 17.2. The molecule has 0 N–H and O–H groups in total. The minimum Gasteiger partial charge on any atom is -0.306 e. The summed E-state index contributed by atoms with van der Waals surface area (Å²) in [6, 6.07) is 11.3. The van der Waals surface area contributed by atoms with Gasteiger partial charge in [-0.25, -0.2) is 0 Å². The molecule has 0 unspecified atom stereocenters. The maximum absolute atomic E-state index is 12.6. The van der Waals surface area contributed by atoms with Crippen LogP contribution in [-0.2, 0) is 12.6 Å². The Labute approximate surface area is 140 Å². The number of halogens is 3. The van der Waals surface area contributed by atoms with Gasteiger partial charge in [-0.15, -0.1) is 0 Å². The van der Waals surface area contributed by atoms with Crippen LogP contribution in [0.5, 0.6) is 0 Å². The summed E-state index contributed by atoms with van der Waals surface area (Å²) >= 11 is 0. The van der Waals surface area contributed by atoms with E-state index >= 15 is 0 Å². The topological polar surface area (TPSA) is 16.1 Å². The van der Waals surface area contributed by atoms with Gasteiger partial charge in [0.05, 0.1) is 5.56 Å². The summed E-state index contributed by atoms with van der Waals surface area (Å²) in [7, 11) is 2.12. The zero-order valence-electron chi connectivity index (χ0n) is 13.7. The lowest BCUT2D eigenvalue weighted by molar-refractivity contribution is -0.137. The van der Waals surface area contributed by atoms with Crippen LogP contribution < -0.4 is 0 Å². The van der Waals surface area contributed by atoms with Gasteiger partial charge in [-0.1, -0.05) is 18.2 Å². The van der Waals surface area contributed by atoms with Gasteiger partial charge in [-0.05, 0) is 56.3 Å². The molecule has 2 aromatic rings. The van der Waals surface area contributed by atoms with Gasteiger partial charge in [0.25, 0.3) is 0 Å². The Morgan fingerprint density at radius 1 is 1.12 bits per heavy atom. The molecular weight excluding hydrogens is 313 g/mol. The maximum atomic E-state index is 12.6. The van der Waals surface area contributed by atoms with Crippen LogP contribution in [0.4, 0.5) is 13.2 Å². The number of hydrogen-bond acceptors (Lipinski definition) is 2. The van der Waals surface area contributed by atoms with Gasteiger partial charge in [0.1, 0.15) is 0 Å². The van der Waals surface area contributed by atoms with Gasteiger partial charge < -0.3 is 4.90 Å². The lowest BCUT2D eigenvalue weighted by Gasteiger charge is -2.29. The molecule has 1 fully saturated rings. The normalized spacial score (nSPS) is 19.4. The molecule has 128 valence electrons. The summed E-state index contributed by atoms with van der Waals surface area (Å²) in [4.78, 5) is 7.07. The average Bonchev–Trinajstić information content (AvgIpc) is 2.55. The number of nitrogens with zero attached hydrogens (tertiary/aromatic N) is 2. The molecule has 2 nitrogen and oxygen atoms in total. The van der Waals surface area contributed by atoms with E-state index in [0.717, 1.165) is 48.6 Å². The standard InChI is InChI=1S/C19H21F3N2/c1-24-11-3-4-15(13-24)18-6-2-5-17(23-18)12-14-7-9-16(10-8-14)19(20,21)22/h2,5-10,15H,3-4,11-13H2,1H3/t15-/m1/s1. The van der Waals surface area contributed by atoms with Crippen LogP contribution >= 0.6 is 0 Å². The summed E-state index contributed by atoms with van der Waals surface area (Å²) in [5.41, 5.74) is 2.22. The van der Waals surface area contributed by atoms with Crippen molar-refractivity contribution in [2.75, 3.05) is 20.1 Å². The Kier molecular flexibility index (Phi) is 4.90. The molecule has 3 rings (SSSR count). The second-order valence-electron chi connectivity index (χ2n) is 6.53. The lowest BCUT2D eigenvalue weighted by atomic mass is 9.94.